The summed E-state index contributed by atoms with van der Waals surface area (Å²) in [4.78, 5) is 12.1. The van der Waals surface area contributed by atoms with Crippen LogP contribution < -0.4 is 11.3 Å². The molecule has 6 heteroatoms. The molecule has 0 aliphatic rings. The normalized spacial score (nSPS) is 11.3. The minimum absolute atomic E-state index is 0.103. The monoisotopic (exact) mass is 264 g/mol. The zero-order valence-electron chi connectivity index (χ0n) is 11.4. The first-order valence-electron chi connectivity index (χ1n) is 6.51. The maximum Gasteiger partial charge on any atom is 0.274 e. The largest absolute Gasteiger partial charge is 0.378 e. The van der Waals surface area contributed by atoms with Gasteiger partial charge in [-0.25, -0.2) is 0 Å². The summed E-state index contributed by atoms with van der Waals surface area (Å²) in [5.74, 6) is 0. The number of methoxy groups -OCH3 is 1. The minimum Gasteiger partial charge on any atom is -0.378 e. The highest BCUT2D eigenvalue weighted by Gasteiger charge is 2.11. The number of aromatic nitrogens is 3. The van der Waals surface area contributed by atoms with Crippen LogP contribution in [0.25, 0.3) is 5.65 Å². The molecule has 104 valence electrons. The third kappa shape index (κ3) is 2.69. The maximum absolute atomic E-state index is 12.1. The van der Waals surface area contributed by atoms with E-state index in [-0.39, 0.29) is 5.56 Å². The highest BCUT2D eigenvalue weighted by molar-refractivity contribution is 5.42. The molecule has 2 heterocycles. The lowest BCUT2D eigenvalue weighted by molar-refractivity contribution is 0.181. The Morgan fingerprint density at radius 2 is 2.21 bits per heavy atom. The Hall–Kier alpha value is -1.66. The summed E-state index contributed by atoms with van der Waals surface area (Å²) >= 11 is 0. The fourth-order valence-corrected chi connectivity index (χ4v) is 2.28. The van der Waals surface area contributed by atoms with Crippen LogP contribution in [0.5, 0.6) is 0 Å². The lowest BCUT2D eigenvalue weighted by Gasteiger charge is -2.12. The van der Waals surface area contributed by atoms with Gasteiger partial charge in [0, 0.05) is 31.5 Å². The van der Waals surface area contributed by atoms with Crippen LogP contribution in [0.2, 0.25) is 0 Å². The zero-order valence-corrected chi connectivity index (χ0v) is 11.4. The molecule has 2 N–H and O–H groups in total. The van der Waals surface area contributed by atoms with E-state index in [1.165, 1.54) is 4.52 Å². The first kappa shape index (κ1) is 13.8. The molecule has 0 aliphatic carbocycles. The van der Waals surface area contributed by atoms with E-state index in [4.69, 9.17) is 10.5 Å². The minimum atomic E-state index is -0.103. The van der Waals surface area contributed by atoms with Crippen molar-refractivity contribution in [2.75, 3.05) is 13.7 Å². The highest BCUT2D eigenvalue weighted by atomic mass is 16.5. The molecule has 2 aromatic heterocycles. The summed E-state index contributed by atoms with van der Waals surface area (Å²) < 4.78 is 8.60. The molecule has 0 aromatic carbocycles. The third-order valence-electron chi connectivity index (χ3n) is 3.11. The van der Waals surface area contributed by atoms with Gasteiger partial charge in [0.2, 0.25) is 0 Å². The number of aryl methyl sites for hydroxylation is 2. The van der Waals surface area contributed by atoms with Crippen LogP contribution in [-0.4, -0.2) is 27.8 Å². The van der Waals surface area contributed by atoms with Crippen LogP contribution in [-0.2, 0) is 24.3 Å². The molecule has 19 heavy (non-hydrogen) atoms. The zero-order chi connectivity index (χ0) is 13.8. The second kappa shape index (κ2) is 5.99. The number of fused-ring (bicyclic) bond motifs is 1. The first-order chi connectivity index (χ1) is 9.21. The van der Waals surface area contributed by atoms with E-state index in [0.717, 1.165) is 36.4 Å². The van der Waals surface area contributed by atoms with Crippen molar-refractivity contribution >= 4 is 5.65 Å². The van der Waals surface area contributed by atoms with Crippen molar-refractivity contribution in [2.24, 2.45) is 5.73 Å². The molecular formula is C13H20N4O2. The van der Waals surface area contributed by atoms with E-state index >= 15 is 0 Å². The van der Waals surface area contributed by atoms with Gasteiger partial charge in [-0.1, -0.05) is 0 Å². The summed E-state index contributed by atoms with van der Waals surface area (Å²) in [5, 5.41) is 4.27. The molecule has 0 atom stereocenters. The van der Waals surface area contributed by atoms with E-state index in [2.05, 4.69) is 16.6 Å². The van der Waals surface area contributed by atoms with Crippen LogP contribution in [0.4, 0.5) is 0 Å². The Morgan fingerprint density at radius 3 is 2.84 bits per heavy atom. The Kier molecular flexibility index (Phi) is 4.34. The highest BCUT2D eigenvalue weighted by Crippen LogP contribution is 2.10. The van der Waals surface area contributed by atoms with E-state index in [1.54, 1.807) is 13.2 Å². The molecular weight excluding hydrogens is 244 g/mol. The van der Waals surface area contributed by atoms with Gasteiger partial charge >= 0.3 is 0 Å². The molecule has 0 spiro atoms. The molecule has 0 fully saturated rings. The molecule has 2 rings (SSSR count). The van der Waals surface area contributed by atoms with Crippen LogP contribution >= 0.6 is 0 Å². The summed E-state index contributed by atoms with van der Waals surface area (Å²) in [7, 11) is 1.61. The lowest BCUT2D eigenvalue weighted by atomic mass is 10.2. The van der Waals surface area contributed by atoms with E-state index in [9.17, 15) is 4.79 Å². The lowest BCUT2D eigenvalue weighted by Crippen LogP contribution is -2.21. The van der Waals surface area contributed by atoms with Crippen molar-refractivity contribution in [3.05, 3.63) is 33.9 Å². The molecule has 0 saturated carbocycles. The van der Waals surface area contributed by atoms with E-state index in [0.29, 0.717) is 13.2 Å². The van der Waals surface area contributed by atoms with Gasteiger partial charge in [0.1, 0.15) is 5.65 Å². The standard InChI is InChI=1S/C13H20N4O2/c1-3-16-11(5-4-6-14)8-13(18)17-12(16)7-10(15-17)9-19-2/h7-8H,3-6,9,14H2,1-2H3. The Labute approximate surface area is 111 Å². The van der Waals surface area contributed by atoms with Crippen LogP contribution in [0.1, 0.15) is 24.7 Å². The van der Waals surface area contributed by atoms with E-state index in [1.807, 2.05) is 6.07 Å². The van der Waals surface area contributed by atoms with Gasteiger partial charge in [0.25, 0.3) is 5.56 Å². The number of hydrogen-bond donors (Lipinski definition) is 1. The van der Waals surface area contributed by atoms with Crippen LogP contribution in [0.3, 0.4) is 0 Å². The van der Waals surface area contributed by atoms with Crippen molar-refractivity contribution in [1.29, 1.82) is 0 Å². The molecule has 0 unspecified atom stereocenters. The number of hydrogen-bond acceptors (Lipinski definition) is 4. The Morgan fingerprint density at radius 1 is 1.42 bits per heavy atom. The van der Waals surface area contributed by atoms with Crippen molar-refractivity contribution < 1.29 is 4.74 Å². The van der Waals surface area contributed by atoms with Crippen molar-refractivity contribution in [3.63, 3.8) is 0 Å². The number of ether oxygens (including phenoxy) is 1. The smallest absolute Gasteiger partial charge is 0.274 e. The quantitative estimate of drug-likeness (QED) is 0.827. The summed E-state index contributed by atoms with van der Waals surface area (Å²) in [6, 6.07) is 3.55. The summed E-state index contributed by atoms with van der Waals surface area (Å²) in [6.45, 7) is 3.88. The molecule has 2 aromatic rings. The Balaban J connectivity index is 2.56. The topological polar surface area (TPSA) is 74.5 Å². The maximum atomic E-state index is 12.1. The average molecular weight is 264 g/mol. The van der Waals surface area contributed by atoms with Gasteiger partial charge in [-0.3, -0.25) is 4.79 Å². The van der Waals surface area contributed by atoms with Crippen molar-refractivity contribution in [2.45, 2.75) is 32.9 Å². The summed E-state index contributed by atoms with van der Waals surface area (Å²) in [5.41, 5.74) is 8.02. The van der Waals surface area contributed by atoms with Gasteiger partial charge < -0.3 is 15.0 Å². The third-order valence-corrected chi connectivity index (χ3v) is 3.11. The molecule has 0 radical (unpaired) electrons. The van der Waals surface area contributed by atoms with Crippen LogP contribution in [0, 0.1) is 0 Å². The summed E-state index contributed by atoms with van der Waals surface area (Å²) in [6.07, 6.45) is 1.68. The predicted octanol–water partition coefficient (Wildman–Crippen LogP) is 0.554. The predicted molar refractivity (Wildman–Crippen MR) is 73.2 cm³/mol. The first-order valence-corrected chi connectivity index (χ1v) is 6.51. The molecule has 0 amide bonds. The SMILES string of the molecule is CCn1c(CCCN)cc(=O)n2nc(COC)cc12. The molecule has 6 nitrogen and oxygen atoms in total. The van der Waals surface area contributed by atoms with Gasteiger partial charge in [0.15, 0.2) is 0 Å². The molecule has 0 aliphatic heterocycles. The van der Waals surface area contributed by atoms with Gasteiger partial charge in [0.05, 0.1) is 12.3 Å². The fourth-order valence-electron chi connectivity index (χ4n) is 2.28. The fraction of sp³-hybridized carbons (Fsp3) is 0.538. The number of nitrogens with two attached hydrogens (primary N) is 1. The Bertz CT molecular complexity index is 615. The second-order valence-electron chi connectivity index (χ2n) is 4.45. The number of rotatable bonds is 6. The van der Waals surface area contributed by atoms with Gasteiger partial charge in [-0.15, -0.1) is 0 Å². The molecule has 0 bridgehead atoms. The van der Waals surface area contributed by atoms with Gasteiger partial charge in [-0.05, 0) is 26.3 Å². The van der Waals surface area contributed by atoms with Crippen molar-refractivity contribution in [3.8, 4) is 0 Å². The second-order valence-corrected chi connectivity index (χ2v) is 4.45. The van der Waals surface area contributed by atoms with E-state index < -0.39 is 0 Å². The van der Waals surface area contributed by atoms with Gasteiger partial charge in [-0.2, -0.15) is 9.61 Å². The van der Waals surface area contributed by atoms with Crippen molar-refractivity contribution in [1.82, 2.24) is 14.2 Å². The average Bonchev–Trinajstić information content (AvgIpc) is 2.81. The number of nitrogens with zero attached hydrogens (tertiary/aromatic N) is 3. The van der Waals surface area contributed by atoms with Crippen LogP contribution in [0.15, 0.2) is 16.9 Å². The molecule has 0 saturated heterocycles.